The summed E-state index contributed by atoms with van der Waals surface area (Å²) in [5.41, 5.74) is 0. The van der Waals surface area contributed by atoms with E-state index in [-0.39, 0.29) is 37.7 Å². The Balaban J connectivity index is -0.0000000358. The zero-order chi connectivity index (χ0) is 12.6. The van der Waals surface area contributed by atoms with Crippen molar-refractivity contribution in [2.75, 3.05) is 0 Å². The second kappa shape index (κ2) is 14.2. The normalized spacial score (nSPS) is 9.06. The molecule has 0 aliphatic carbocycles. The summed E-state index contributed by atoms with van der Waals surface area (Å²) < 4.78 is 85.7. The molecule has 0 rings (SSSR count). The molecule has 0 spiro atoms. The van der Waals surface area contributed by atoms with Crippen molar-refractivity contribution < 1.29 is 86.4 Å². The van der Waals surface area contributed by atoms with Crippen LogP contribution in [0.5, 0.6) is 0 Å². The molecule has 16 heteroatoms. The molecule has 0 saturated carbocycles. The fourth-order valence-corrected chi connectivity index (χ4v) is 0. The quantitative estimate of drug-likeness (QED) is 0.256. The summed E-state index contributed by atoms with van der Waals surface area (Å²) in [4.78, 5) is 16.7. The Bertz CT molecular complexity index is 175. The maximum Gasteiger partial charge on any atom is 1.00 e. The standard InChI is InChI=1S/BF3.2F2HO2P.2Li/c2-1(3)4;2*1-5(2,3)4;;/h;2*(H,3,4);;/q;;;2*+1/p-2. The van der Waals surface area contributed by atoms with Gasteiger partial charge in [-0.3, -0.25) is 22.1 Å². The third-order valence-electron chi connectivity index (χ3n) is 0. The van der Waals surface area contributed by atoms with E-state index in [0.29, 0.717) is 0 Å². The first-order valence-electron chi connectivity index (χ1n) is 2.06. The molecular formula is BF7Li2O4P2. The van der Waals surface area contributed by atoms with Crippen molar-refractivity contribution in [3.63, 3.8) is 0 Å². The average Bonchev–Trinajstić information content (AvgIpc) is 1.45. The van der Waals surface area contributed by atoms with Gasteiger partial charge in [0.2, 0.25) is 0 Å². The van der Waals surface area contributed by atoms with Crippen LogP contribution in [0.2, 0.25) is 0 Å². The van der Waals surface area contributed by atoms with Crippen LogP contribution in [0, 0.1) is 0 Å². The number of hydrogen-bond acceptors (Lipinski definition) is 4. The Hall–Kier alpha value is 1.15. The molecule has 0 bridgehead atoms. The van der Waals surface area contributed by atoms with Crippen molar-refractivity contribution in [1.82, 2.24) is 0 Å². The summed E-state index contributed by atoms with van der Waals surface area (Å²) >= 11 is 0. The van der Waals surface area contributed by atoms with E-state index in [9.17, 15) is 29.7 Å². The summed E-state index contributed by atoms with van der Waals surface area (Å²) in [7, 11) is -15.4. The van der Waals surface area contributed by atoms with Crippen molar-refractivity contribution in [1.29, 1.82) is 0 Å². The minimum Gasteiger partial charge on any atom is -0.749 e. The third-order valence-corrected chi connectivity index (χ3v) is 0. The summed E-state index contributed by atoms with van der Waals surface area (Å²) in [5.74, 6) is 0. The Morgan fingerprint density at radius 1 is 0.750 bits per heavy atom. The van der Waals surface area contributed by atoms with Gasteiger partial charge in [0.15, 0.2) is 0 Å². The second-order valence-corrected chi connectivity index (χ2v) is 2.73. The summed E-state index contributed by atoms with van der Waals surface area (Å²) in [6, 6.07) is 0. The van der Waals surface area contributed by atoms with E-state index in [1.54, 1.807) is 0 Å². The molecule has 0 N–H and O–H groups in total. The number of halogens is 7. The maximum absolute atomic E-state index is 10.0. The zero-order valence-electron chi connectivity index (χ0n) is 7.75. The van der Waals surface area contributed by atoms with Gasteiger partial charge < -0.3 is 9.79 Å². The van der Waals surface area contributed by atoms with Crippen molar-refractivity contribution in [3.8, 4) is 0 Å². The van der Waals surface area contributed by atoms with Gasteiger partial charge in [-0.2, -0.15) is 16.8 Å². The van der Waals surface area contributed by atoms with Crippen LogP contribution in [0.4, 0.5) is 29.7 Å². The Morgan fingerprint density at radius 3 is 0.750 bits per heavy atom. The molecule has 16 heavy (non-hydrogen) atoms. The van der Waals surface area contributed by atoms with Gasteiger partial charge in [-0.05, 0) is 0 Å². The fourth-order valence-electron chi connectivity index (χ4n) is 0. The third kappa shape index (κ3) is 2290. The molecule has 0 aromatic carbocycles. The summed E-state index contributed by atoms with van der Waals surface area (Å²) in [6.45, 7) is 0. The van der Waals surface area contributed by atoms with Crippen LogP contribution < -0.4 is 47.5 Å². The molecule has 0 aromatic heterocycles. The van der Waals surface area contributed by atoms with Crippen LogP contribution >= 0.6 is 16.0 Å². The molecule has 0 heterocycles. The van der Waals surface area contributed by atoms with E-state index in [4.69, 9.17) is 18.9 Å². The van der Waals surface area contributed by atoms with Crippen LogP contribution in [0.25, 0.3) is 0 Å². The molecule has 0 radical (unpaired) electrons. The number of rotatable bonds is 0. The van der Waals surface area contributed by atoms with Crippen LogP contribution in [-0.4, -0.2) is 7.54 Å². The first-order valence-corrected chi connectivity index (χ1v) is 4.87. The predicted octanol–water partition coefficient (Wildman–Crippen LogP) is -4.32. The van der Waals surface area contributed by atoms with Crippen molar-refractivity contribution in [3.05, 3.63) is 0 Å². The van der Waals surface area contributed by atoms with Crippen LogP contribution in [0.15, 0.2) is 0 Å². The van der Waals surface area contributed by atoms with Crippen LogP contribution in [0.1, 0.15) is 0 Å². The topological polar surface area (TPSA) is 80.3 Å². The molecule has 88 valence electrons. The Morgan fingerprint density at radius 2 is 0.750 bits per heavy atom. The first kappa shape index (κ1) is 30.3. The van der Waals surface area contributed by atoms with Crippen molar-refractivity contribution in [2.45, 2.75) is 0 Å². The van der Waals surface area contributed by atoms with E-state index in [1.807, 2.05) is 0 Å². The SMILES string of the molecule is FB(F)F.O=P([O-])(F)F.O=P([O-])(F)F.[Li+].[Li+]. The van der Waals surface area contributed by atoms with Crippen molar-refractivity contribution in [2.24, 2.45) is 0 Å². The van der Waals surface area contributed by atoms with Gasteiger partial charge in [-0.15, -0.1) is 0 Å². The Kier molecular flexibility index (Phi) is 26.9. The molecule has 4 nitrogen and oxygen atoms in total. The van der Waals surface area contributed by atoms with Gasteiger partial charge in [0.05, 0.1) is 0 Å². The predicted molar refractivity (Wildman–Crippen MR) is 28.7 cm³/mol. The van der Waals surface area contributed by atoms with E-state index in [1.165, 1.54) is 0 Å². The minimum absolute atomic E-state index is 0. The molecule has 0 amide bonds. The van der Waals surface area contributed by atoms with Gasteiger partial charge in [0, 0.05) is 0 Å². The number of hydrogen-bond donors (Lipinski definition) is 0. The summed E-state index contributed by atoms with van der Waals surface area (Å²) in [5, 5.41) is 0. The molecule has 0 aliphatic heterocycles. The van der Waals surface area contributed by atoms with Crippen molar-refractivity contribution >= 4 is 23.5 Å². The zero-order valence-corrected chi connectivity index (χ0v) is 9.54. The average molecular weight is 284 g/mol. The Labute approximate surface area is 110 Å². The van der Waals surface area contributed by atoms with E-state index < -0.39 is 23.5 Å². The maximum atomic E-state index is 10.0. The van der Waals surface area contributed by atoms with Gasteiger partial charge in [-0.25, -0.2) is 0 Å². The van der Waals surface area contributed by atoms with E-state index >= 15 is 0 Å². The van der Waals surface area contributed by atoms with Gasteiger partial charge in [-0.1, -0.05) is 0 Å². The second-order valence-electron chi connectivity index (χ2n) is 1.08. The minimum atomic E-state index is -5.89. The molecule has 0 fully saturated rings. The molecule has 0 aliphatic rings. The monoisotopic (exact) mass is 284 g/mol. The summed E-state index contributed by atoms with van der Waals surface area (Å²) in [6.07, 6.45) is 0. The van der Waals surface area contributed by atoms with E-state index in [0.717, 1.165) is 0 Å². The fraction of sp³-hybridized carbons (Fsp3) is 0. The molecule has 0 aromatic rings. The van der Waals surface area contributed by atoms with Gasteiger partial charge in [0.25, 0.3) is 0 Å². The van der Waals surface area contributed by atoms with Gasteiger partial charge in [0.1, 0.15) is 0 Å². The van der Waals surface area contributed by atoms with E-state index in [2.05, 4.69) is 0 Å². The molecular weight excluding hydrogens is 284 g/mol. The molecule has 0 atom stereocenters. The molecule has 0 unspecified atom stereocenters. The molecule has 0 saturated heterocycles. The largest absolute Gasteiger partial charge is 1.00 e. The van der Waals surface area contributed by atoms with Crippen LogP contribution in [0.3, 0.4) is 0 Å². The first-order chi connectivity index (χ1) is 5.73. The smallest absolute Gasteiger partial charge is 0.749 e. The van der Waals surface area contributed by atoms with Crippen LogP contribution in [-0.2, 0) is 9.13 Å². The van der Waals surface area contributed by atoms with Gasteiger partial charge >= 0.3 is 61.2 Å².